The van der Waals surface area contributed by atoms with Crippen LogP contribution in [0.2, 0.25) is 0 Å². The molecule has 92 valence electrons. The molecule has 0 spiro atoms. The molecule has 1 aliphatic rings. The Balaban J connectivity index is 1.84. The maximum absolute atomic E-state index is 12.2. The molecule has 1 fully saturated rings. The van der Waals surface area contributed by atoms with Gasteiger partial charge in [-0.2, -0.15) is 0 Å². The monoisotopic (exact) mass is 241 g/mol. The number of carbonyl (C=O) groups is 1. The molecule has 18 heavy (non-hydrogen) atoms. The number of likely N-dealkylation sites (tertiary alicyclic amines) is 1. The summed E-state index contributed by atoms with van der Waals surface area (Å²) in [7, 11) is 0. The van der Waals surface area contributed by atoms with Gasteiger partial charge in [-0.05, 0) is 30.8 Å². The van der Waals surface area contributed by atoms with Crippen LogP contribution in [-0.2, 0) is 0 Å². The van der Waals surface area contributed by atoms with E-state index in [2.05, 4.69) is 4.98 Å². The number of benzene rings is 1. The minimum Gasteiger partial charge on any atom is -0.338 e. The number of aromatic nitrogens is 1. The largest absolute Gasteiger partial charge is 0.338 e. The predicted octanol–water partition coefficient (Wildman–Crippen LogP) is 1.27. The number of hydrogen-bond acceptors (Lipinski definition) is 3. The number of nitrogens with two attached hydrogens (primary N) is 1. The zero-order valence-electron chi connectivity index (χ0n) is 10.0. The van der Waals surface area contributed by atoms with Crippen molar-refractivity contribution in [1.82, 2.24) is 9.88 Å². The fourth-order valence-corrected chi connectivity index (χ4v) is 2.28. The molecule has 4 nitrogen and oxygen atoms in total. The lowest BCUT2D eigenvalue weighted by Gasteiger charge is -2.38. The van der Waals surface area contributed by atoms with Crippen LogP contribution >= 0.6 is 0 Å². The van der Waals surface area contributed by atoms with E-state index in [1.54, 1.807) is 6.20 Å². The lowest BCUT2D eigenvalue weighted by molar-refractivity contribution is 0.0515. The van der Waals surface area contributed by atoms with E-state index < -0.39 is 0 Å². The summed E-state index contributed by atoms with van der Waals surface area (Å²) in [5.74, 6) is 0.557. The van der Waals surface area contributed by atoms with Crippen LogP contribution in [0, 0.1) is 5.92 Å². The van der Waals surface area contributed by atoms with E-state index in [1.165, 1.54) is 0 Å². The van der Waals surface area contributed by atoms with Crippen molar-refractivity contribution in [3.05, 3.63) is 42.1 Å². The number of hydrogen-bond donors (Lipinski definition) is 1. The normalized spacial score (nSPS) is 15.7. The quantitative estimate of drug-likeness (QED) is 0.861. The number of amides is 1. The van der Waals surface area contributed by atoms with Crippen LogP contribution in [0.5, 0.6) is 0 Å². The smallest absolute Gasteiger partial charge is 0.253 e. The van der Waals surface area contributed by atoms with E-state index in [0.717, 1.165) is 29.6 Å². The molecule has 0 aliphatic carbocycles. The van der Waals surface area contributed by atoms with Gasteiger partial charge >= 0.3 is 0 Å². The van der Waals surface area contributed by atoms with Crippen LogP contribution in [-0.4, -0.2) is 35.4 Å². The molecule has 4 heteroatoms. The average Bonchev–Trinajstić information content (AvgIpc) is 2.37. The molecule has 0 atom stereocenters. The van der Waals surface area contributed by atoms with Crippen molar-refractivity contribution in [2.45, 2.75) is 0 Å². The third kappa shape index (κ3) is 1.84. The average molecular weight is 241 g/mol. The number of fused-ring (bicyclic) bond motifs is 1. The first-order valence-electron chi connectivity index (χ1n) is 6.12. The Morgan fingerprint density at radius 3 is 3.00 bits per heavy atom. The van der Waals surface area contributed by atoms with Gasteiger partial charge in [-0.3, -0.25) is 9.78 Å². The van der Waals surface area contributed by atoms with E-state index >= 15 is 0 Å². The van der Waals surface area contributed by atoms with Crippen LogP contribution < -0.4 is 5.73 Å². The molecular weight excluding hydrogens is 226 g/mol. The van der Waals surface area contributed by atoms with E-state index in [1.807, 2.05) is 35.2 Å². The first-order valence-corrected chi connectivity index (χ1v) is 6.12. The Morgan fingerprint density at radius 2 is 2.22 bits per heavy atom. The number of pyridine rings is 1. The molecule has 2 aromatic rings. The molecule has 0 saturated carbocycles. The molecule has 3 rings (SSSR count). The molecule has 0 bridgehead atoms. The fourth-order valence-electron chi connectivity index (χ4n) is 2.28. The first-order chi connectivity index (χ1) is 8.78. The fraction of sp³-hybridized carbons (Fsp3) is 0.286. The molecule has 1 saturated heterocycles. The summed E-state index contributed by atoms with van der Waals surface area (Å²) in [6.45, 7) is 2.21. The summed E-state index contributed by atoms with van der Waals surface area (Å²) >= 11 is 0. The highest BCUT2D eigenvalue weighted by Gasteiger charge is 2.29. The van der Waals surface area contributed by atoms with Crippen molar-refractivity contribution in [2.24, 2.45) is 11.7 Å². The molecule has 1 aliphatic heterocycles. The van der Waals surface area contributed by atoms with Gasteiger partial charge in [0.05, 0.1) is 5.52 Å². The molecule has 2 N–H and O–H groups in total. The Kier molecular flexibility index (Phi) is 2.72. The standard InChI is InChI=1S/C14H15N3O/c15-7-10-8-17(9-10)14(18)12-3-4-13-11(6-12)2-1-5-16-13/h1-6,10H,7-9,15H2. The highest BCUT2D eigenvalue weighted by molar-refractivity contribution is 5.98. The predicted molar refractivity (Wildman–Crippen MR) is 70.2 cm³/mol. The molecule has 1 aromatic heterocycles. The van der Waals surface area contributed by atoms with Gasteiger partial charge in [0.25, 0.3) is 5.91 Å². The number of nitrogens with zero attached hydrogens (tertiary/aromatic N) is 2. The minimum atomic E-state index is 0.0884. The van der Waals surface area contributed by atoms with E-state index in [0.29, 0.717) is 12.5 Å². The zero-order valence-corrected chi connectivity index (χ0v) is 10.0. The van der Waals surface area contributed by atoms with Gasteiger partial charge in [0.2, 0.25) is 0 Å². The maximum atomic E-state index is 12.2. The molecule has 2 heterocycles. The zero-order chi connectivity index (χ0) is 12.5. The van der Waals surface area contributed by atoms with Gasteiger partial charge in [0, 0.05) is 36.2 Å². The summed E-state index contributed by atoms with van der Waals surface area (Å²) in [5, 5.41) is 0.999. The lowest BCUT2D eigenvalue weighted by atomic mass is 9.99. The summed E-state index contributed by atoms with van der Waals surface area (Å²) in [5.41, 5.74) is 7.21. The topological polar surface area (TPSA) is 59.2 Å². The highest BCUT2D eigenvalue weighted by Crippen LogP contribution is 2.20. The van der Waals surface area contributed by atoms with Crippen molar-refractivity contribution in [3.8, 4) is 0 Å². The van der Waals surface area contributed by atoms with Crippen LogP contribution in [0.1, 0.15) is 10.4 Å². The minimum absolute atomic E-state index is 0.0884. The Bertz CT molecular complexity index is 590. The Morgan fingerprint density at radius 1 is 1.39 bits per heavy atom. The van der Waals surface area contributed by atoms with Gasteiger partial charge < -0.3 is 10.6 Å². The second-order valence-electron chi connectivity index (χ2n) is 4.72. The first kappa shape index (κ1) is 11.2. The number of carbonyl (C=O) groups excluding carboxylic acids is 1. The van der Waals surface area contributed by atoms with E-state index in [9.17, 15) is 4.79 Å². The summed E-state index contributed by atoms with van der Waals surface area (Å²) in [6, 6.07) is 9.49. The van der Waals surface area contributed by atoms with Crippen LogP contribution in [0.3, 0.4) is 0 Å². The Labute approximate surface area is 105 Å². The third-order valence-electron chi connectivity index (χ3n) is 3.43. The summed E-state index contributed by atoms with van der Waals surface area (Å²) in [6.07, 6.45) is 1.76. The Hall–Kier alpha value is -1.94. The molecule has 1 amide bonds. The van der Waals surface area contributed by atoms with Crippen molar-refractivity contribution in [3.63, 3.8) is 0 Å². The van der Waals surface area contributed by atoms with Gasteiger partial charge in [-0.15, -0.1) is 0 Å². The van der Waals surface area contributed by atoms with Gasteiger partial charge in [0.1, 0.15) is 0 Å². The van der Waals surface area contributed by atoms with E-state index in [4.69, 9.17) is 5.73 Å². The summed E-state index contributed by atoms with van der Waals surface area (Å²) in [4.78, 5) is 18.3. The highest BCUT2D eigenvalue weighted by atomic mass is 16.2. The van der Waals surface area contributed by atoms with Crippen molar-refractivity contribution in [2.75, 3.05) is 19.6 Å². The molecule has 0 unspecified atom stereocenters. The molecule has 1 aromatic carbocycles. The maximum Gasteiger partial charge on any atom is 0.253 e. The van der Waals surface area contributed by atoms with Crippen LogP contribution in [0.25, 0.3) is 10.9 Å². The van der Waals surface area contributed by atoms with Crippen molar-refractivity contribution in [1.29, 1.82) is 0 Å². The van der Waals surface area contributed by atoms with Crippen molar-refractivity contribution < 1.29 is 4.79 Å². The number of rotatable bonds is 2. The third-order valence-corrected chi connectivity index (χ3v) is 3.43. The molecule has 0 radical (unpaired) electrons. The summed E-state index contributed by atoms with van der Waals surface area (Å²) < 4.78 is 0. The van der Waals surface area contributed by atoms with Crippen molar-refractivity contribution >= 4 is 16.8 Å². The molecular formula is C14H15N3O. The second kappa shape index (κ2) is 4.38. The van der Waals surface area contributed by atoms with Crippen LogP contribution in [0.4, 0.5) is 0 Å². The van der Waals surface area contributed by atoms with Gasteiger partial charge in [-0.1, -0.05) is 6.07 Å². The van der Waals surface area contributed by atoms with Gasteiger partial charge in [0.15, 0.2) is 0 Å². The second-order valence-corrected chi connectivity index (χ2v) is 4.72. The van der Waals surface area contributed by atoms with E-state index in [-0.39, 0.29) is 5.91 Å². The SMILES string of the molecule is NCC1CN(C(=O)c2ccc3ncccc3c2)C1. The van der Waals surface area contributed by atoms with Gasteiger partial charge in [-0.25, -0.2) is 0 Å². The lowest BCUT2D eigenvalue weighted by Crippen LogP contribution is -2.52. The van der Waals surface area contributed by atoms with Crippen LogP contribution in [0.15, 0.2) is 36.5 Å².